The lowest BCUT2D eigenvalue weighted by Gasteiger charge is -2.14. The Balaban J connectivity index is 1.92. The van der Waals surface area contributed by atoms with Gasteiger partial charge in [0, 0.05) is 18.7 Å². The van der Waals surface area contributed by atoms with Crippen molar-refractivity contribution in [3.8, 4) is 17.2 Å². The first-order valence-electron chi connectivity index (χ1n) is 8.49. The number of carbonyl (C=O) groups excluding carboxylic acids is 1. The van der Waals surface area contributed by atoms with Gasteiger partial charge in [0.1, 0.15) is 0 Å². The van der Waals surface area contributed by atoms with Crippen LogP contribution in [0.5, 0.6) is 17.2 Å². The van der Waals surface area contributed by atoms with Crippen molar-refractivity contribution in [3.63, 3.8) is 0 Å². The van der Waals surface area contributed by atoms with E-state index in [4.69, 9.17) is 14.2 Å². The zero-order valence-corrected chi connectivity index (χ0v) is 16.8. The molecule has 0 aliphatic carbocycles. The normalized spacial score (nSPS) is 11.0. The van der Waals surface area contributed by atoms with Crippen molar-refractivity contribution < 1.29 is 27.4 Å². The van der Waals surface area contributed by atoms with Crippen molar-refractivity contribution in [1.29, 1.82) is 0 Å². The van der Waals surface area contributed by atoms with E-state index in [-0.39, 0.29) is 24.7 Å². The second-order valence-electron chi connectivity index (χ2n) is 5.81. The molecule has 152 valence electrons. The van der Waals surface area contributed by atoms with Crippen LogP contribution in [0.1, 0.15) is 15.9 Å². The standard InChI is InChI=1S/C19H24N2O6S/c1-25-16-11-15(12-17(26-2)18(16)27-3)19(22)20-9-10-21-28(23,24)13-14-7-5-4-6-8-14/h4-8,11-12,21H,9-10,13H2,1-3H3,(H,20,22). The summed E-state index contributed by atoms with van der Waals surface area (Å²) in [7, 11) is 0.906. The quantitative estimate of drug-likeness (QED) is 0.579. The molecule has 0 fully saturated rings. The number of nitrogens with one attached hydrogen (secondary N) is 2. The molecule has 0 atom stereocenters. The van der Waals surface area contributed by atoms with E-state index in [0.717, 1.165) is 0 Å². The van der Waals surface area contributed by atoms with Crippen LogP contribution in [0.4, 0.5) is 0 Å². The van der Waals surface area contributed by atoms with Crippen molar-refractivity contribution >= 4 is 15.9 Å². The van der Waals surface area contributed by atoms with Crippen molar-refractivity contribution in [2.45, 2.75) is 5.75 Å². The molecule has 0 aliphatic heterocycles. The molecule has 0 saturated heterocycles. The lowest BCUT2D eigenvalue weighted by atomic mass is 10.1. The maximum atomic E-state index is 12.4. The minimum Gasteiger partial charge on any atom is -0.493 e. The maximum absolute atomic E-state index is 12.4. The van der Waals surface area contributed by atoms with Gasteiger partial charge in [-0.15, -0.1) is 0 Å². The Labute approximate surface area is 164 Å². The number of sulfonamides is 1. The van der Waals surface area contributed by atoms with Crippen LogP contribution in [-0.4, -0.2) is 48.7 Å². The van der Waals surface area contributed by atoms with Crippen molar-refractivity contribution in [2.24, 2.45) is 0 Å². The molecule has 0 heterocycles. The number of rotatable bonds is 10. The van der Waals surface area contributed by atoms with E-state index in [9.17, 15) is 13.2 Å². The Kier molecular flexibility index (Phi) is 7.65. The number of carbonyl (C=O) groups is 1. The predicted molar refractivity (Wildman–Crippen MR) is 105 cm³/mol. The Morgan fingerprint density at radius 1 is 0.929 bits per heavy atom. The van der Waals surface area contributed by atoms with Crippen LogP contribution in [-0.2, 0) is 15.8 Å². The van der Waals surface area contributed by atoms with Gasteiger partial charge < -0.3 is 19.5 Å². The highest BCUT2D eigenvalue weighted by molar-refractivity contribution is 7.88. The summed E-state index contributed by atoms with van der Waals surface area (Å²) in [6, 6.07) is 11.9. The van der Waals surface area contributed by atoms with Gasteiger partial charge in [0.25, 0.3) is 5.91 Å². The second kappa shape index (κ2) is 9.95. The predicted octanol–water partition coefficient (Wildman–Crippen LogP) is 1.56. The van der Waals surface area contributed by atoms with Gasteiger partial charge >= 0.3 is 0 Å². The molecule has 0 aromatic heterocycles. The fraction of sp³-hybridized carbons (Fsp3) is 0.316. The van der Waals surface area contributed by atoms with Gasteiger partial charge in [-0.1, -0.05) is 30.3 Å². The number of hydrogen-bond donors (Lipinski definition) is 2. The maximum Gasteiger partial charge on any atom is 0.251 e. The molecule has 0 spiro atoms. The summed E-state index contributed by atoms with van der Waals surface area (Å²) >= 11 is 0. The van der Waals surface area contributed by atoms with Gasteiger partial charge in [0.2, 0.25) is 15.8 Å². The highest BCUT2D eigenvalue weighted by atomic mass is 32.2. The topological polar surface area (TPSA) is 103 Å². The molecule has 8 nitrogen and oxygen atoms in total. The van der Waals surface area contributed by atoms with E-state index >= 15 is 0 Å². The highest BCUT2D eigenvalue weighted by Gasteiger charge is 2.17. The fourth-order valence-electron chi connectivity index (χ4n) is 2.54. The van der Waals surface area contributed by atoms with Crippen LogP contribution in [0, 0.1) is 0 Å². The Morgan fingerprint density at radius 2 is 1.54 bits per heavy atom. The van der Waals surface area contributed by atoms with Crippen LogP contribution in [0.2, 0.25) is 0 Å². The first-order chi connectivity index (χ1) is 13.4. The van der Waals surface area contributed by atoms with E-state index in [1.807, 2.05) is 6.07 Å². The summed E-state index contributed by atoms with van der Waals surface area (Å²) in [5.41, 5.74) is 0.998. The molecule has 0 saturated carbocycles. The van der Waals surface area contributed by atoms with Gasteiger partial charge in [0.05, 0.1) is 27.1 Å². The van der Waals surface area contributed by atoms with E-state index in [0.29, 0.717) is 28.4 Å². The lowest BCUT2D eigenvalue weighted by Crippen LogP contribution is -2.35. The molecule has 0 bridgehead atoms. The molecule has 9 heteroatoms. The molecule has 0 unspecified atom stereocenters. The van der Waals surface area contributed by atoms with Gasteiger partial charge in [-0.3, -0.25) is 4.79 Å². The second-order valence-corrected chi connectivity index (χ2v) is 7.62. The Morgan fingerprint density at radius 3 is 2.07 bits per heavy atom. The van der Waals surface area contributed by atoms with Crippen molar-refractivity contribution in [2.75, 3.05) is 34.4 Å². The molecule has 2 N–H and O–H groups in total. The number of amides is 1. The average molecular weight is 408 g/mol. The highest BCUT2D eigenvalue weighted by Crippen LogP contribution is 2.38. The van der Waals surface area contributed by atoms with Crippen LogP contribution in [0.15, 0.2) is 42.5 Å². The van der Waals surface area contributed by atoms with Crippen molar-refractivity contribution in [1.82, 2.24) is 10.0 Å². The number of hydrogen-bond acceptors (Lipinski definition) is 6. The van der Waals surface area contributed by atoms with Crippen molar-refractivity contribution in [3.05, 3.63) is 53.6 Å². The number of methoxy groups -OCH3 is 3. The monoisotopic (exact) mass is 408 g/mol. The smallest absolute Gasteiger partial charge is 0.251 e. The SMILES string of the molecule is COc1cc(C(=O)NCCNS(=O)(=O)Cc2ccccc2)cc(OC)c1OC. The zero-order chi connectivity index (χ0) is 20.6. The van der Waals surface area contributed by atoms with E-state index < -0.39 is 10.0 Å². The van der Waals surface area contributed by atoms with Gasteiger partial charge in [0.15, 0.2) is 11.5 Å². The van der Waals surface area contributed by atoms with Gasteiger partial charge in [-0.05, 0) is 17.7 Å². The Bertz CT molecular complexity index is 875. The van der Waals surface area contributed by atoms with Gasteiger partial charge in [-0.2, -0.15) is 0 Å². The molecular weight excluding hydrogens is 384 g/mol. The molecule has 0 aliphatic rings. The lowest BCUT2D eigenvalue weighted by molar-refractivity contribution is 0.0953. The first kappa shape index (κ1) is 21.5. The summed E-state index contributed by atoms with van der Waals surface area (Å²) in [5, 5.41) is 2.66. The van der Waals surface area contributed by atoms with E-state index in [1.165, 1.54) is 33.5 Å². The van der Waals surface area contributed by atoms with Crippen LogP contribution < -0.4 is 24.2 Å². The van der Waals surface area contributed by atoms with Crippen LogP contribution in [0.3, 0.4) is 0 Å². The molecule has 1 amide bonds. The van der Waals surface area contributed by atoms with Crippen LogP contribution >= 0.6 is 0 Å². The molecule has 2 rings (SSSR count). The molecule has 28 heavy (non-hydrogen) atoms. The molecule has 0 radical (unpaired) electrons. The van der Waals surface area contributed by atoms with E-state index in [1.54, 1.807) is 24.3 Å². The van der Waals surface area contributed by atoms with Crippen LogP contribution in [0.25, 0.3) is 0 Å². The largest absolute Gasteiger partial charge is 0.493 e. The number of benzene rings is 2. The summed E-state index contributed by atoms with van der Waals surface area (Å²) in [6.07, 6.45) is 0. The average Bonchev–Trinajstić information content (AvgIpc) is 2.70. The fourth-order valence-corrected chi connectivity index (χ4v) is 3.69. The molecular formula is C19H24N2O6S. The Hall–Kier alpha value is -2.78. The summed E-state index contributed by atoms with van der Waals surface area (Å²) in [6.45, 7) is 0.203. The first-order valence-corrected chi connectivity index (χ1v) is 10.1. The summed E-state index contributed by atoms with van der Waals surface area (Å²) in [4.78, 5) is 12.4. The molecule has 2 aromatic rings. The summed E-state index contributed by atoms with van der Waals surface area (Å²) < 4.78 is 42.3. The third-order valence-corrected chi connectivity index (χ3v) is 5.22. The third-order valence-electron chi connectivity index (χ3n) is 3.86. The van der Waals surface area contributed by atoms with E-state index in [2.05, 4.69) is 10.0 Å². The molecule has 2 aromatic carbocycles. The van der Waals surface area contributed by atoms with Gasteiger partial charge in [-0.25, -0.2) is 13.1 Å². The third kappa shape index (κ3) is 5.86. The minimum atomic E-state index is -3.49. The zero-order valence-electron chi connectivity index (χ0n) is 16.0. The number of ether oxygens (including phenoxy) is 3. The minimum absolute atomic E-state index is 0.0747. The summed E-state index contributed by atoms with van der Waals surface area (Å²) in [5.74, 6) is 0.595.